The molecule has 1 rings (SSSR count). The highest BCUT2D eigenvalue weighted by Gasteiger charge is 2.02. The van der Waals surface area contributed by atoms with Gasteiger partial charge in [0.05, 0.1) is 6.61 Å². The Morgan fingerprint density at radius 1 is 1.38 bits per heavy atom. The Balaban J connectivity index is 2.29. The largest absolute Gasteiger partial charge is 0.465 e. The van der Waals surface area contributed by atoms with Gasteiger partial charge in [0.25, 0.3) is 0 Å². The average Bonchev–Trinajstić information content (AvgIpc) is 2.28. The minimum Gasteiger partial charge on any atom is -0.465 e. The van der Waals surface area contributed by atoms with E-state index in [9.17, 15) is 4.79 Å². The van der Waals surface area contributed by atoms with E-state index in [2.05, 4.69) is 10.6 Å². The van der Waals surface area contributed by atoms with Crippen LogP contribution in [0.5, 0.6) is 0 Å². The summed E-state index contributed by atoms with van der Waals surface area (Å²) in [4.78, 5) is 11.0. The maximum Gasteiger partial charge on any atom is 0.325 e. The Labute approximate surface area is 100.0 Å². The minimum absolute atomic E-state index is 0.0759. The molecule has 0 heterocycles. The Hall–Kier alpha value is -1.62. The number of nitrogens with one attached hydrogen (secondary N) is 2. The summed E-state index contributed by atoms with van der Waals surface area (Å²) in [6.45, 7) is 2.21. The number of thiocarbonyl (C=S) groups is 1. The first-order chi connectivity index (χ1) is 7.72. The van der Waals surface area contributed by atoms with E-state index < -0.39 is 0 Å². The van der Waals surface area contributed by atoms with Crippen molar-refractivity contribution in [2.75, 3.05) is 18.5 Å². The predicted molar refractivity (Wildman–Crippen MR) is 67.3 cm³/mol. The van der Waals surface area contributed by atoms with E-state index in [0.717, 1.165) is 5.69 Å². The molecule has 16 heavy (non-hydrogen) atoms. The van der Waals surface area contributed by atoms with Crippen LogP contribution in [0.3, 0.4) is 0 Å². The summed E-state index contributed by atoms with van der Waals surface area (Å²) in [5.74, 6) is -0.320. The molecule has 2 N–H and O–H groups in total. The lowest BCUT2D eigenvalue weighted by Gasteiger charge is -2.09. The number of rotatable bonds is 4. The number of hydrogen-bond donors (Lipinski definition) is 2. The molecule has 0 bridgehead atoms. The Morgan fingerprint density at radius 3 is 2.69 bits per heavy atom. The van der Waals surface area contributed by atoms with Crippen LogP contribution >= 0.6 is 12.2 Å². The lowest BCUT2D eigenvalue weighted by atomic mass is 10.3. The van der Waals surface area contributed by atoms with Crippen molar-refractivity contribution in [3.05, 3.63) is 30.3 Å². The highest BCUT2D eigenvalue weighted by atomic mass is 32.1. The topological polar surface area (TPSA) is 50.4 Å². The summed E-state index contributed by atoms with van der Waals surface area (Å²) < 4.78 is 4.75. The quantitative estimate of drug-likeness (QED) is 0.615. The molecule has 0 aliphatic carbocycles. The minimum atomic E-state index is -0.320. The monoisotopic (exact) mass is 238 g/mol. The lowest BCUT2D eigenvalue weighted by molar-refractivity contribution is -0.141. The fourth-order valence-corrected chi connectivity index (χ4v) is 1.25. The van der Waals surface area contributed by atoms with Gasteiger partial charge in [0.2, 0.25) is 0 Å². The van der Waals surface area contributed by atoms with Crippen LogP contribution in [-0.4, -0.2) is 24.2 Å². The molecule has 0 atom stereocenters. The first-order valence-corrected chi connectivity index (χ1v) is 5.38. The van der Waals surface area contributed by atoms with Crippen molar-refractivity contribution in [1.82, 2.24) is 5.32 Å². The van der Waals surface area contributed by atoms with Crippen molar-refractivity contribution in [3.63, 3.8) is 0 Å². The van der Waals surface area contributed by atoms with Gasteiger partial charge in [-0.05, 0) is 31.3 Å². The van der Waals surface area contributed by atoms with E-state index in [-0.39, 0.29) is 12.5 Å². The lowest BCUT2D eigenvalue weighted by Crippen LogP contribution is -2.33. The zero-order chi connectivity index (χ0) is 11.8. The highest BCUT2D eigenvalue weighted by Crippen LogP contribution is 2.03. The summed E-state index contributed by atoms with van der Waals surface area (Å²) in [6.07, 6.45) is 0. The van der Waals surface area contributed by atoms with Crippen LogP contribution in [0, 0.1) is 0 Å². The highest BCUT2D eigenvalue weighted by molar-refractivity contribution is 7.80. The number of anilines is 1. The fourth-order valence-electron chi connectivity index (χ4n) is 1.06. The molecular formula is C11H14N2O2S. The van der Waals surface area contributed by atoms with Gasteiger partial charge in [-0.15, -0.1) is 0 Å². The first-order valence-electron chi connectivity index (χ1n) is 4.98. The summed E-state index contributed by atoms with van der Waals surface area (Å²) in [6, 6.07) is 9.49. The third-order valence-corrected chi connectivity index (χ3v) is 1.98. The van der Waals surface area contributed by atoms with E-state index in [1.807, 2.05) is 30.3 Å². The second-order valence-electron chi connectivity index (χ2n) is 2.98. The first kappa shape index (κ1) is 12.4. The number of carbonyl (C=O) groups is 1. The third kappa shape index (κ3) is 4.75. The van der Waals surface area contributed by atoms with E-state index in [4.69, 9.17) is 17.0 Å². The molecule has 4 nitrogen and oxygen atoms in total. The van der Waals surface area contributed by atoms with Crippen LogP contribution in [0.4, 0.5) is 5.69 Å². The SMILES string of the molecule is CCOC(=O)CNC(=S)Nc1ccccc1. The van der Waals surface area contributed by atoms with Gasteiger partial charge in [-0.2, -0.15) is 0 Å². The Kier molecular flexibility index (Phi) is 5.28. The molecule has 0 unspecified atom stereocenters. The fraction of sp³-hybridized carbons (Fsp3) is 0.273. The normalized spacial score (nSPS) is 9.31. The molecule has 0 fully saturated rings. The zero-order valence-electron chi connectivity index (χ0n) is 9.03. The molecule has 5 heteroatoms. The molecule has 0 saturated heterocycles. The number of ether oxygens (including phenoxy) is 1. The van der Waals surface area contributed by atoms with Gasteiger partial charge in [0, 0.05) is 5.69 Å². The van der Waals surface area contributed by atoms with Gasteiger partial charge in [0.15, 0.2) is 5.11 Å². The smallest absolute Gasteiger partial charge is 0.325 e. The van der Waals surface area contributed by atoms with Crippen LogP contribution in [0.2, 0.25) is 0 Å². The second-order valence-corrected chi connectivity index (χ2v) is 3.39. The molecular weight excluding hydrogens is 224 g/mol. The van der Waals surface area contributed by atoms with Gasteiger partial charge in [-0.3, -0.25) is 4.79 Å². The molecule has 0 radical (unpaired) electrons. The number of benzene rings is 1. The maximum absolute atomic E-state index is 11.0. The summed E-state index contributed by atoms with van der Waals surface area (Å²) in [7, 11) is 0. The molecule has 0 spiro atoms. The molecule has 1 aromatic rings. The number of hydrogen-bond acceptors (Lipinski definition) is 3. The molecule has 0 aliphatic heterocycles. The summed E-state index contributed by atoms with van der Waals surface area (Å²) in [5.41, 5.74) is 0.879. The number of carbonyl (C=O) groups excluding carboxylic acids is 1. The van der Waals surface area contributed by atoms with Crippen molar-refractivity contribution in [3.8, 4) is 0 Å². The number of para-hydroxylation sites is 1. The Bertz CT molecular complexity index is 354. The van der Waals surface area contributed by atoms with Crippen molar-refractivity contribution in [2.24, 2.45) is 0 Å². The van der Waals surface area contributed by atoms with Crippen LogP contribution in [0.15, 0.2) is 30.3 Å². The molecule has 0 saturated carbocycles. The van der Waals surface area contributed by atoms with Crippen molar-refractivity contribution in [2.45, 2.75) is 6.92 Å². The van der Waals surface area contributed by atoms with Gasteiger partial charge < -0.3 is 15.4 Å². The van der Waals surface area contributed by atoms with Gasteiger partial charge in [-0.1, -0.05) is 18.2 Å². The van der Waals surface area contributed by atoms with Crippen molar-refractivity contribution < 1.29 is 9.53 Å². The molecule has 1 aromatic carbocycles. The summed E-state index contributed by atoms with van der Waals surface area (Å²) >= 11 is 5.01. The van der Waals surface area contributed by atoms with Crippen LogP contribution in [0.25, 0.3) is 0 Å². The second kappa shape index (κ2) is 6.79. The standard InChI is InChI=1S/C11H14N2O2S/c1-2-15-10(14)8-12-11(16)13-9-6-4-3-5-7-9/h3-7H,2,8H2,1H3,(H2,12,13,16). The predicted octanol–water partition coefficient (Wildman–Crippen LogP) is 1.54. The zero-order valence-corrected chi connectivity index (χ0v) is 9.84. The van der Waals surface area contributed by atoms with Gasteiger partial charge in [0.1, 0.15) is 6.54 Å². The average molecular weight is 238 g/mol. The number of esters is 1. The van der Waals surface area contributed by atoms with E-state index in [0.29, 0.717) is 11.7 Å². The Morgan fingerprint density at radius 2 is 2.06 bits per heavy atom. The van der Waals surface area contributed by atoms with Gasteiger partial charge >= 0.3 is 5.97 Å². The maximum atomic E-state index is 11.0. The third-order valence-electron chi connectivity index (χ3n) is 1.73. The molecule has 0 aromatic heterocycles. The van der Waals surface area contributed by atoms with Crippen molar-refractivity contribution >= 4 is 29.0 Å². The van der Waals surface area contributed by atoms with E-state index >= 15 is 0 Å². The van der Waals surface area contributed by atoms with Crippen molar-refractivity contribution in [1.29, 1.82) is 0 Å². The van der Waals surface area contributed by atoms with E-state index in [1.165, 1.54) is 0 Å². The molecule has 0 amide bonds. The molecule has 0 aliphatic rings. The van der Waals surface area contributed by atoms with Crippen LogP contribution in [0.1, 0.15) is 6.92 Å². The van der Waals surface area contributed by atoms with Gasteiger partial charge in [-0.25, -0.2) is 0 Å². The van der Waals surface area contributed by atoms with Crippen LogP contribution < -0.4 is 10.6 Å². The van der Waals surface area contributed by atoms with E-state index in [1.54, 1.807) is 6.92 Å². The van der Waals surface area contributed by atoms with Crippen LogP contribution in [-0.2, 0) is 9.53 Å². The summed E-state index contributed by atoms with van der Waals surface area (Å²) in [5, 5.41) is 6.12. The molecule has 86 valence electrons.